The molecule has 3 N–H and O–H groups in total. The maximum Gasteiger partial charge on any atom is 0.228 e. The minimum Gasteiger partial charge on any atom is -0.409 e. The molecule has 0 radical (unpaired) electrons. The number of nitrogens with two attached hydrogens (primary N) is 1. The van der Waals surface area contributed by atoms with Crippen LogP contribution in [-0.2, 0) is 9.53 Å². The van der Waals surface area contributed by atoms with Gasteiger partial charge in [0.15, 0.2) is 5.84 Å². The van der Waals surface area contributed by atoms with E-state index >= 15 is 0 Å². The zero-order valence-corrected chi connectivity index (χ0v) is 11.1. The molecular weight excluding hydrogens is 234 g/mol. The summed E-state index contributed by atoms with van der Waals surface area (Å²) in [6.45, 7) is 5.44. The summed E-state index contributed by atoms with van der Waals surface area (Å²) in [5.41, 5.74) is 5.48. The van der Waals surface area contributed by atoms with Gasteiger partial charge in [-0.3, -0.25) is 4.79 Å². The van der Waals surface area contributed by atoms with E-state index in [0.29, 0.717) is 13.2 Å². The summed E-state index contributed by atoms with van der Waals surface area (Å²) in [4.78, 5) is 14.1. The van der Waals surface area contributed by atoms with Crippen molar-refractivity contribution in [2.45, 2.75) is 39.2 Å². The SMILES string of the molecule is CCCN(CC(N)=NO)C(=O)C1CCOC1CC. The summed E-state index contributed by atoms with van der Waals surface area (Å²) >= 11 is 0. The van der Waals surface area contributed by atoms with Crippen LogP contribution in [0.25, 0.3) is 0 Å². The number of carbonyl (C=O) groups excluding carboxylic acids is 1. The van der Waals surface area contributed by atoms with Gasteiger partial charge >= 0.3 is 0 Å². The van der Waals surface area contributed by atoms with Crippen molar-refractivity contribution in [1.82, 2.24) is 4.90 Å². The number of hydrogen-bond donors (Lipinski definition) is 2. The molecule has 0 aliphatic carbocycles. The number of rotatable bonds is 6. The van der Waals surface area contributed by atoms with E-state index in [-0.39, 0.29) is 30.3 Å². The van der Waals surface area contributed by atoms with Crippen molar-refractivity contribution in [3.05, 3.63) is 0 Å². The Morgan fingerprint density at radius 3 is 2.83 bits per heavy atom. The number of amides is 1. The Kier molecular flexibility index (Phi) is 5.91. The molecule has 0 aromatic rings. The smallest absolute Gasteiger partial charge is 0.228 e. The maximum absolute atomic E-state index is 12.4. The molecule has 1 saturated heterocycles. The van der Waals surface area contributed by atoms with Crippen LogP contribution in [0, 0.1) is 5.92 Å². The van der Waals surface area contributed by atoms with Gasteiger partial charge in [0.1, 0.15) is 0 Å². The van der Waals surface area contributed by atoms with Crippen LogP contribution in [0.2, 0.25) is 0 Å². The molecule has 18 heavy (non-hydrogen) atoms. The zero-order valence-electron chi connectivity index (χ0n) is 11.1. The fraction of sp³-hybridized carbons (Fsp3) is 0.833. The second kappa shape index (κ2) is 7.20. The van der Waals surface area contributed by atoms with Crippen molar-refractivity contribution in [1.29, 1.82) is 0 Å². The first-order chi connectivity index (χ1) is 8.63. The van der Waals surface area contributed by atoms with Crippen molar-refractivity contribution >= 4 is 11.7 Å². The van der Waals surface area contributed by atoms with Crippen molar-refractivity contribution in [3.63, 3.8) is 0 Å². The minimum atomic E-state index is -0.0898. The van der Waals surface area contributed by atoms with Crippen LogP contribution in [-0.4, -0.2) is 47.7 Å². The van der Waals surface area contributed by atoms with Gasteiger partial charge in [0, 0.05) is 13.2 Å². The van der Waals surface area contributed by atoms with Crippen LogP contribution < -0.4 is 5.73 Å². The highest BCUT2D eigenvalue weighted by molar-refractivity contribution is 5.88. The number of ether oxygens (including phenoxy) is 1. The molecule has 1 fully saturated rings. The first kappa shape index (κ1) is 14.8. The fourth-order valence-corrected chi connectivity index (χ4v) is 2.33. The molecule has 0 spiro atoms. The first-order valence-corrected chi connectivity index (χ1v) is 6.50. The Bertz CT molecular complexity index is 307. The van der Waals surface area contributed by atoms with Crippen LogP contribution in [0.1, 0.15) is 33.1 Å². The third-order valence-corrected chi connectivity index (χ3v) is 3.22. The summed E-state index contributed by atoms with van der Waals surface area (Å²) < 4.78 is 5.54. The van der Waals surface area contributed by atoms with E-state index in [1.807, 2.05) is 13.8 Å². The van der Waals surface area contributed by atoms with Gasteiger partial charge in [0.25, 0.3) is 0 Å². The summed E-state index contributed by atoms with van der Waals surface area (Å²) in [5.74, 6) is 0.0182. The van der Waals surface area contributed by atoms with E-state index in [9.17, 15) is 4.79 Å². The maximum atomic E-state index is 12.4. The molecule has 0 bridgehead atoms. The topological polar surface area (TPSA) is 88.1 Å². The third-order valence-electron chi connectivity index (χ3n) is 3.22. The predicted molar refractivity (Wildman–Crippen MR) is 68.4 cm³/mol. The highest BCUT2D eigenvalue weighted by atomic mass is 16.5. The Morgan fingerprint density at radius 1 is 1.56 bits per heavy atom. The van der Waals surface area contributed by atoms with Crippen LogP contribution in [0.3, 0.4) is 0 Å². The molecule has 6 nitrogen and oxygen atoms in total. The van der Waals surface area contributed by atoms with Crippen molar-refractivity contribution in [3.8, 4) is 0 Å². The van der Waals surface area contributed by atoms with Gasteiger partial charge in [-0.25, -0.2) is 0 Å². The molecule has 0 aromatic carbocycles. The van der Waals surface area contributed by atoms with Crippen molar-refractivity contribution in [2.75, 3.05) is 19.7 Å². The minimum absolute atomic E-state index is 0.00384. The fourth-order valence-electron chi connectivity index (χ4n) is 2.33. The molecule has 2 atom stereocenters. The van der Waals surface area contributed by atoms with E-state index in [2.05, 4.69) is 5.16 Å². The molecular formula is C12H23N3O3. The highest BCUT2D eigenvalue weighted by Gasteiger charge is 2.35. The van der Waals surface area contributed by atoms with Gasteiger partial charge in [0.2, 0.25) is 5.91 Å². The van der Waals surface area contributed by atoms with E-state index < -0.39 is 0 Å². The molecule has 2 unspecified atom stereocenters. The summed E-state index contributed by atoms with van der Waals surface area (Å²) in [7, 11) is 0. The summed E-state index contributed by atoms with van der Waals surface area (Å²) in [6.07, 6.45) is 2.44. The number of carbonyl (C=O) groups is 1. The lowest BCUT2D eigenvalue weighted by molar-refractivity contribution is -0.136. The Balaban J connectivity index is 2.69. The quantitative estimate of drug-likeness (QED) is 0.318. The van der Waals surface area contributed by atoms with E-state index in [4.69, 9.17) is 15.7 Å². The van der Waals surface area contributed by atoms with E-state index in [0.717, 1.165) is 19.3 Å². The molecule has 104 valence electrons. The highest BCUT2D eigenvalue weighted by Crippen LogP contribution is 2.25. The van der Waals surface area contributed by atoms with Crippen LogP contribution in [0.5, 0.6) is 0 Å². The molecule has 0 aromatic heterocycles. The molecule has 1 aliphatic rings. The number of nitrogens with zero attached hydrogens (tertiary/aromatic N) is 2. The van der Waals surface area contributed by atoms with Gasteiger partial charge < -0.3 is 20.6 Å². The standard InChI is InChI=1S/C12H23N3O3/c1-3-6-15(8-11(13)14-17)12(16)9-5-7-18-10(9)4-2/h9-10,17H,3-8H2,1-2H3,(H2,13,14). The molecule has 1 heterocycles. The number of amidine groups is 1. The number of oxime groups is 1. The van der Waals surface area contributed by atoms with E-state index in [1.165, 1.54) is 0 Å². The molecule has 0 saturated carbocycles. The van der Waals surface area contributed by atoms with Crippen molar-refractivity contribution in [2.24, 2.45) is 16.8 Å². The first-order valence-electron chi connectivity index (χ1n) is 6.50. The van der Waals surface area contributed by atoms with E-state index in [1.54, 1.807) is 4.90 Å². The lowest BCUT2D eigenvalue weighted by Crippen LogP contribution is -2.44. The Hall–Kier alpha value is -1.30. The van der Waals surface area contributed by atoms with Gasteiger partial charge in [-0.05, 0) is 19.3 Å². The van der Waals surface area contributed by atoms with Crippen molar-refractivity contribution < 1.29 is 14.7 Å². The molecule has 1 aliphatic heterocycles. The Labute approximate surface area is 108 Å². The molecule has 1 rings (SSSR count). The number of hydrogen-bond acceptors (Lipinski definition) is 4. The summed E-state index contributed by atoms with van der Waals surface area (Å²) in [6, 6.07) is 0. The second-order valence-electron chi connectivity index (χ2n) is 4.56. The molecule has 1 amide bonds. The van der Waals surface area contributed by atoms with Gasteiger partial charge in [0.05, 0.1) is 18.6 Å². The third kappa shape index (κ3) is 3.60. The summed E-state index contributed by atoms with van der Waals surface area (Å²) in [5, 5.41) is 11.5. The monoisotopic (exact) mass is 257 g/mol. The molecule has 6 heteroatoms. The average Bonchev–Trinajstić information content (AvgIpc) is 2.85. The lowest BCUT2D eigenvalue weighted by atomic mass is 9.98. The predicted octanol–water partition coefficient (Wildman–Crippen LogP) is 0.786. The Morgan fingerprint density at radius 2 is 2.28 bits per heavy atom. The van der Waals surface area contributed by atoms with Gasteiger partial charge in [-0.2, -0.15) is 0 Å². The van der Waals surface area contributed by atoms with Gasteiger partial charge in [-0.1, -0.05) is 19.0 Å². The zero-order chi connectivity index (χ0) is 13.5. The largest absolute Gasteiger partial charge is 0.409 e. The van der Waals surface area contributed by atoms with Crippen LogP contribution >= 0.6 is 0 Å². The normalized spacial score (nSPS) is 24.2. The van der Waals surface area contributed by atoms with Crippen LogP contribution in [0.4, 0.5) is 0 Å². The second-order valence-corrected chi connectivity index (χ2v) is 4.56. The van der Waals surface area contributed by atoms with Gasteiger partial charge in [-0.15, -0.1) is 0 Å². The average molecular weight is 257 g/mol. The van der Waals surface area contributed by atoms with Crippen LogP contribution in [0.15, 0.2) is 5.16 Å². The lowest BCUT2D eigenvalue weighted by Gasteiger charge is -2.26.